The van der Waals surface area contributed by atoms with Crippen molar-refractivity contribution in [1.29, 1.82) is 0 Å². The number of hydrogen-bond acceptors (Lipinski definition) is 7. The van der Waals surface area contributed by atoms with Gasteiger partial charge in [0.25, 0.3) is 11.8 Å². The van der Waals surface area contributed by atoms with Gasteiger partial charge in [0.15, 0.2) is 0 Å². The van der Waals surface area contributed by atoms with Crippen LogP contribution in [0.15, 0.2) is 60.7 Å². The van der Waals surface area contributed by atoms with Crippen LogP contribution < -0.4 is 26.2 Å². The molecule has 1 atom stereocenters. The van der Waals surface area contributed by atoms with Crippen molar-refractivity contribution in [3.8, 4) is 0 Å². The summed E-state index contributed by atoms with van der Waals surface area (Å²) >= 11 is 0. The fourth-order valence-electron chi connectivity index (χ4n) is 6.34. The van der Waals surface area contributed by atoms with Crippen molar-refractivity contribution in [3.05, 3.63) is 83.0 Å². The SMILES string of the molecule is CN(C)c1nc(NC2CCC(NC(=O)C(CCCCNC(=O)c3ccccc3)NC(=O)c3ccccc3)CC2)nc2c1CCCC2. The highest BCUT2D eigenvalue weighted by atomic mass is 16.2. The van der Waals surface area contributed by atoms with Gasteiger partial charge in [-0.15, -0.1) is 0 Å². The Bertz CT molecular complexity index is 1460. The van der Waals surface area contributed by atoms with E-state index in [9.17, 15) is 14.4 Å². The van der Waals surface area contributed by atoms with Crippen molar-refractivity contribution in [2.24, 2.45) is 0 Å². The summed E-state index contributed by atoms with van der Waals surface area (Å²) in [5, 5.41) is 12.7. The lowest BCUT2D eigenvalue weighted by atomic mass is 9.91. The molecule has 1 heterocycles. The largest absolute Gasteiger partial charge is 0.362 e. The molecule has 0 radical (unpaired) electrons. The van der Waals surface area contributed by atoms with E-state index in [4.69, 9.17) is 9.97 Å². The first kappa shape index (κ1) is 32.9. The van der Waals surface area contributed by atoms with Crippen LogP contribution in [0.5, 0.6) is 0 Å². The van der Waals surface area contributed by atoms with Gasteiger partial charge in [0, 0.05) is 49.4 Å². The summed E-state index contributed by atoms with van der Waals surface area (Å²) in [5.41, 5.74) is 3.58. The van der Waals surface area contributed by atoms with Crippen LogP contribution >= 0.6 is 0 Å². The Morgan fingerprint density at radius 3 is 2.11 bits per heavy atom. The second-order valence-corrected chi connectivity index (χ2v) is 12.6. The third-order valence-corrected chi connectivity index (χ3v) is 8.89. The maximum atomic E-state index is 13.5. The van der Waals surface area contributed by atoms with Crippen LogP contribution in [-0.4, -0.2) is 66.5 Å². The van der Waals surface area contributed by atoms with Crippen molar-refractivity contribution in [1.82, 2.24) is 25.9 Å². The van der Waals surface area contributed by atoms with E-state index in [-0.39, 0.29) is 29.8 Å². The summed E-state index contributed by atoms with van der Waals surface area (Å²) in [6.07, 6.45) is 9.68. The summed E-state index contributed by atoms with van der Waals surface area (Å²) < 4.78 is 0. The van der Waals surface area contributed by atoms with E-state index in [2.05, 4.69) is 26.2 Å². The highest BCUT2D eigenvalue weighted by molar-refractivity contribution is 5.97. The number of nitrogens with one attached hydrogen (secondary N) is 4. The Kier molecular flexibility index (Phi) is 11.6. The van der Waals surface area contributed by atoms with Gasteiger partial charge >= 0.3 is 0 Å². The Hall–Kier alpha value is -4.47. The van der Waals surface area contributed by atoms with Gasteiger partial charge in [0.05, 0.1) is 5.69 Å². The standard InChI is InChI=1S/C36H47N7O3/c1-43(2)32-29-17-9-10-18-30(29)41-36(42-32)39-28-22-20-27(21-23-28)38-35(46)31(40-34(45)26-15-7-4-8-16-26)19-11-12-24-37-33(44)25-13-5-3-6-14-25/h3-8,13-16,27-28,31H,9-12,17-24H2,1-2H3,(H,37,44)(H,38,46)(H,40,45)(H,39,41,42). The van der Waals surface area contributed by atoms with Crippen molar-refractivity contribution >= 4 is 29.5 Å². The molecule has 1 unspecified atom stereocenters. The number of aromatic nitrogens is 2. The molecule has 0 bridgehead atoms. The van der Waals surface area contributed by atoms with Crippen molar-refractivity contribution in [2.45, 2.75) is 88.8 Å². The van der Waals surface area contributed by atoms with Crippen LogP contribution in [0, 0.1) is 0 Å². The minimum atomic E-state index is -0.665. The highest BCUT2D eigenvalue weighted by Gasteiger charge is 2.28. The maximum Gasteiger partial charge on any atom is 0.251 e. The lowest BCUT2D eigenvalue weighted by molar-refractivity contribution is -0.124. The van der Waals surface area contributed by atoms with Crippen LogP contribution in [-0.2, 0) is 17.6 Å². The second-order valence-electron chi connectivity index (χ2n) is 12.6. The summed E-state index contributed by atoms with van der Waals surface area (Å²) in [6.45, 7) is 0.496. The molecule has 10 nitrogen and oxygen atoms in total. The van der Waals surface area contributed by atoms with E-state index in [0.717, 1.165) is 50.0 Å². The van der Waals surface area contributed by atoms with E-state index in [1.165, 1.54) is 18.4 Å². The molecule has 4 N–H and O–H groups in total. The molecule has 3 amide bonds. The lowest BCUT2D eigenvalue weighted by Crippen LogP contribution is -2.50. The zero-order chi connectivity index (χ0) is 32.3. The van der Waals surface area contributed by atoms with Gasteiger partial charge in [0.1, 0.15) is 11.9 Å². The predicted molar refractivity (Wildman–Crippen MR) is 181 cm³/mol. The zero-order valence-electron chi connectivity index (χ0n) is 27.1. The maximum absolute atomic E-state index is 13.5. The normalized spacial score (nSPS) is 18.0. The number of benzene rings is 2. The van der Waals surface area contributed by atoms with Gasteiger partial charge in [-0.25, -0.2) is 4.98 Å². The Balaban J connectivity index is 1.12. The number of nitrogens with zero attached hydrogens (tertiary/aromatic N) is 3. The molecule has 1 fully saturated rings. The van der Waals surface area contributed by atoms with Crippen molar-refractivity contribution in [2.75, 3.05) is 30.9 Å². The van der Waals surface area contributed by atoms with Gasteiger partial charge in [-0.1, -0.05) is 36.4 Å². The third kappa shape index (κ3) is 9.05. The predicted octanol–water partition coefficient (Wildman–Crippen LogP) is 4.66. The van der Waals surface area contributed by atoms with Crippen molar-refractivity contribution in [3.63, 3.8) is 0 Å². The average molecular weight is 626 g/mol. The number of anilines is 2. The van der Waals surface area contributed by atoms with E-state index in [0.29, 0.717) is 42.9 Å². The highest BCUT2D eigenvalue weighted by Crippen LogP contribution is 2.29. The van der Waals surface area contributed by atoms with Crippen LogP contribution in [0.2, 0.25) is 0 Å². The number of fused-ring (bicyclic) bond motifs is 1. The van der Waals surface area contributed by atoms with E-state index in [1.54, 1.807) is 24.3 Å². The molecule has 0 aliphatic heterocycles. The van der Waals surface area contributed by atoms with E-state index < -0.39 is 6.04 Å². The molecular formula is C36H47N7O3. The van der Waals surface area contributed by atoms with E-state index >= 15 is 0 Å². The number of hydrogen-bond donors (Lipinski definition) is 4. The zero-order valence-corrected chi connectivity index (χ0v) is 27.1. The molecule has 3 aromatic rings. The summed E-state index contributed by atoms with van der Waals surface area (Å²) in [4.78, 5) is 50.7. The molecule has 2 aromatic carbocycles. The molecule has 1 aromatic heterocycles. The minimum Gasteiger partial charge on any atom is -0.362 e. The first-order valence-corrected chi connectivity index (χ1v) is 16.7. The fraction of sp³-hybridized carbons (Fsp3) is 0.472. The minimum absolute atomic E-state index is 0.0358. The molecule has 5 rings (SSSR count). The number of amides is 3. The third-order valence-electron chi connectivity index (χ3n) is 8.89. The molecule has 0 saturated heterocycles. The van der Waals surface area contributed by atoms with Gasteiger partial charge in [-0.3, -0.25) is 14.4 Å². The number of carbonyl (C=O) groups excluding carboxylic acids is 3. The van der Waals surface area contributed by atoms with Crippen LogP contribution in [0.25, 0.3) is 0 Å². The Morgan fingerprint density at radius 1 is 0.804 bits per heavy atom. The molecule has 2 aliphatic rings. The first-order chi connectivity index (χ1) is 22.4. The van der Waals surface area contributed by atoms with E-state index in [1.807, 2.05) is 50.5 Å². The van der Waals surface area contributed by atoms with Crippen LogP contribution in [0.4, 0.5) is 11.8 Å². The number of carbonyl (C=O) groups is 3. The monoisotopic (exact) mass is 625 g/mol. The quantitative estimate of drug-likeness (QED) is 0.204. The smallest absolute Gasteiger partial charge is 0.251 e. The number of aryl methyl sites for hydroxylation is 1. The number of rotatable bonds is 13. The molecule has 2 aliphatic carbocycles. The average Bonchev–Trinajstić information content (AvgIpc) is 3.08. The molecule has 10 heteroatoms. The van der Waals surface area contributed by atoms with Gasteiger partial charge in [0.2, 0.25) is 11.9 Å². The molecule has 46 heavy (non-hydrogen) atoms. The molecule has 0 spiro atoms. The summed E-state index contributed by atoms with van der Waals surface area (Å²) in [5.74, 6) is 1.15. The van der Waals surface area contributed by atoms with Gasteiger partial charge < -0.3 is 26.2 Å². The van der Waals surface area contributed by atoms with Gasteiger partial charge in [-0.2, -0.15) is 4.98 Å². The Labute approximate surface area is 272 Å². The van der Waals surface area contributed by atoms with Crippen LogP contribution in [0.3, 0.4) is 0 Å². The molecular weight excluding hydrogens is 578 g/mol. The lowest BCUT2D eigenvalue weighted by Gasteiger charge is -2.31. The summed E-state index contributed by atoms with van der Waals surface area (Å²) in [6, 6.07) is 17.7. The molecule has 244 valence electrons. The van der Waals surface area contributed by atoms with Crippen molar-refractivity contribution < 1.29 is 14.4 Å². The topological polar surface area (TPSA) is 128 Å². The first-order valence-electron chi connectivity index (χ1n) is 16.7. The number of unbranched alkanes of at least 4 members (excludes halogenated alkanes) is 1. The fourth-order valence-corrected chi connectivity index (χ4v) is 6.34. The molecule has 1 saturated carbocycles. The second kappa shape index (κ2) is 16.2. The Morgan fingerprint density at radius 2 is 1.43 bits per heavy atom. The van der Waals surface area contributed by atoms with Gasteiger partial charge in [-0.05, 0) is 94.9 Å². The summed E-state index contributed by atoms with van der Waals surface area (Å²) in [7, 11) is 4.07. The van der Waals surface area contributed by atoms with Crippen LogP contribution in [0.1, 0.15) is 89.8 Å².